The number of methoxy groups -OCH3 is 1. The predicted molar refractivity (Wildman–Crippen MR) is 114 cm³/mol. The van der Waals surface area contributed by atoms with E-state index in [-0.39, 0.29) is 16.9 Å². The average Bonchev–Trinajstić information content (AvgIpc) is 3.11. The number of carbonyl (C=O) groups is 2. The second-order valence-corrected chi connectivity index (χ2v) is 8.72. The first kappa shape index (κ1) is 22.0. The normalized spacial score (nSPS) is 11.3. The first-order chi connectivity index (χ1) is 14.5. The first-order valence-corrected chi connectivity index (χ1v) is 10.8. The maximum Gasteiger partial charge on any atom is 0.340 e. The number of anilines is 1. The fourth-order valence-electron chi connectivity index (χ4n) is 3.22. The quantitative estimate of drug-likeness (QED) is 0.324. The Morgan fingerprint density at radius 3 is 2.48 bits per heavy atom. The van der Waals surface area contributed by atoms with Crippen molar-refractivity contribution >= 4 is 44.2 Å². The van der Waals surface area contributed by atoms with Crippen LogP contribution >= 0.6 is 0 Å². The number of carbonyl (C=O) groups excluding carboxylic acids is 2. The van der Waals surface area contributed by atoms with Crippen molar-refractivity contribution in [1.82, 2.24) is 4.57 Å². The summed E-state index contributed by atoms with van der Waals surface area (Å²) >= 11 is 0. The number of nitrogens with zero attached hydrogens (tertiary/aromatic N) is 3. The van der Waals surface area contributed by atoms with E-state index >= 15 is 0 Å². The fourth-order valence-corrected chi connectivity index (χ4v) is 4.12. The molecule has 0 unspecified atom stereocenters. The lowest BCUT2D eigenvalue weighted by atomic mass is 10.2. The first-order valence-electron chi connectivity index (χ1n) is 8.99. The van der Waals surface area contributed by atoms with Gasteiger partial charge in [0.05, 0.1) is 35.1 Å². The van der Waals surface area contributed by atoms with E-state index < -0.39 is 33.4 Å². The van der Waals surface area contributed by atoms with Gasteiger partial charge in [-0.3, -0.25) is 23.8 Å². The number of sulfonamides is 1. The number of hydrogen-bond donors (Lipinski definition) is 0. The van der Waals surface area contributed by atoms with Gasteiger partial charge in [-0.25, -0.2) is 13.2 Å². The minimum Gasteiger partial charge on any atom is -0.465 e. The van der Waals surface area contributed by atoms with Gasteiger partial charge in [0.15, 0.2) is 0 Å². The van der Waals surface area contributed by atoms with Gasteiger partial charge in [0.2, 0.25) is 10.0 Å². The van der Waals surface area contributed by atoms with Crippen LogP contribution in [-0.2, 0) is 14.8 Å². The number of para-hydroxylation sites is 1. The topological polar surface area (TPSA) is 129 Å². The van der Waals surface area contributed by atoms with E-state index in [0.717, 1.165) is 16.6 Å². The van der Waals surface area contributed by atoms with E-state index in [9.17, 15) is 28.1 Å². The zero-order chi connectivity index (χ0) is 22.9. The molecule has 162 valence electrons. The van der Waals surface area contributed by atoms with Crippen molar-refractivity contribution in [2.24, 2.45) is 0 Å². The van der Waals surface area contributed by atoms with Crippen molar-refractivity contribution in [2.45, 2.75) is 6.92 Å². The highest BCUT2D eigenvalue weighted by atomic mass is 32.2. The lowest BCUT2D eigenvalue weighted by Gasteiger charge is -2.23. The number of nitro benzene ring substituents is 1. The lowest BCUT2D eigenvalue weighted by Crippen LogP contribution is -2.37. The van der Waals surface area contributed by atoms with Crippen LogP contribution in [0.2, 0.25) is 0 Å². The second kappa shape index (κ2) is 8.19. The number of aromatic nitrogens is 1. The Bertz CT molecular complexity index is 1310. The van der Waals surface area contributed by atoms with E-state index in [4.69, 9.17) is 4.74 Å². The van der Waals surface area contributed by atoms with Crippen molar-refractivity contribution in [3.05, 3.63) is 69.9 Å². The van der Waals surface area contributed by atoms with Crippen LogP contribution in [0.3, 0.4) is 0 Å². The predicted octanol–water partition coefficient (Wildman–Crippen LogP) is 2.75. The fraction of sp³-hybridized carbons (Fsp3) is 0.200. The van der Waals surface area contributed by atoms with Crippen LogP contribution in [0.1, 0.15) is 20.7 Å². The largest absolute Gasteiger partial charge is 0.465 e. The molecule has 0 fully saturated rings. The van der Waals surface area contributed by atoms with Gasteiger partial charge in [-0.15, -0.1) is 0 Å². The van der Waals surface area contributed by atoms with E-state index in [1.54, 1.807) is 31.2 Å². The van der Waals surface area contributed by atoms with Gasteiger partial charge >= 0.3 is 5.97 Å². The van der Waals surface area contributed by atoms with E-state index in [0.29, 0.717) is 16.5 Å². The number of non-ortho nitro benzene ring substituents is 1. The highest BCUT2D eigenvalue weighted by Crippen LogP contribution is 2.28. The van der Waals surface area contributed by atoms with Gasteiger partial charge in [0.1, 0.15) is 6.54 Å². The highest BCUT2D eigenvalue weighted by Gasteiger charge is 2.26. The molecule has 0 N–H and O–H groups in total. The molecule has 0 atom stereocenters. The molecule has 2 aromatic carbocycles. The van der Waals surface area contributed by atoms with Gasteiger partial charge in [0.25, 0.3) is 11.6 Å². The maximum absolute atomic E-state index is 13.1. The van der Waals surface area contributed by atoms with Crippen LogP contribution in [-0.4, -0.2) is 49.7 Å². The van der Waals surface area contributed by atoms with E-state index in [2.05, 4.69) is 0 Å². The minimum absolute atomic E-state index is 0.0229. The third kappa shape index (κ3) is 4.26. The third-order valence-electron chi connectivity index (χ3n) is 4.74. The second-order valence-electron chi connectivity index (χ2n) is 6.81. The number of nitro groups is 1. The Labute approximate surface area is 177 Å². The van der Waals surface area contributed by atoms with Crippen LogP contribution in [0.5, 0.6) is 0 Å². The summed E-state index contributed by atoms with van der Waals surface area (Å²) in [5.41, 5.74) is 0.716. The van der Waals surface area contributed by atoms with Gasteiger partial charge in [0, 0.05) is 23.7 Å². The minimum atomic E-state index is -3.97. The summed E-state index contributed by atoms with van der Waals surface area (Å²) in [4.78, 5) is 35.7. The summed E-state index contributed by atoms with van der Waals surface area (Å²) in [6.45, 7) is 0.961. The molecule has 3 rings (SSSR count). The monoisotopic (exact) mass is 445 g/mol. The van der Waals surface area contributed by atoms with Crippen LogP contribution < -0.4 is 4.31 Å². The molecule has 0 aliphatic heterocycles. The number of rotatable bonds is 6. The molecule has 11 heteroatoms. The van der Waals surface area contributed by atoms with E-state index in [1.165, 1.54) is 30.0 Å². The summed E-state index contributed by atoms with van der Waals surface area (Å²) in [5, 5.41) is 11.6. The standard InChI is InChI=1S/C20H19N3O7S/c1-13-8-9-14(23(26)27)10-18(13)22(31(3,28)29)12-19(24)21-11-16(20(25)30-2)15-6-4-5-7-17(15)21/h4-11H,12H2,1-3H3. The summed E-state index contributed by atoms with van der Waals surface area (Å²) in [6, 6.07) is 10.4. The number of esters is 1. The number of benzene rings is 2. The lowest BCUT2D eigenvalue weighted by molar-refractivity contribution is -0.384. The molecule has 0 radical (unpaired) electrons. The van der Waals surface area contributed by atoms with Gasteiger partial charge in [-0.1, -0.05) is 24.3 Å². The van der Waals surface area contributed by atoms with Crippen molar-refractivity contribution in [1.29, 1.82) is 0 Å². The van der Waals surface area contributed by atoms with Crippen LogP contribution in [0.15, 0.2) is 48.7 Å². The van der Waals surface area contributed by atoms with Crippen molar-refractivity contribution in [3.63, 3.8) is 0 Å². The Morgan fingerprint density at radius 2 is 1.87 bits per heavy atom. The van der Waals surface area contributed by atoms with Crippen molar-refractivity contribution < 1.29 is 27.7 Å². The third-order valence-corrected chi connectivity index (χ3v) is 5.86. The molecule has 0 spiro atoms. The Hall–Kier alpha value is -3.73. The molecule has 0 saturated heterocycles. The molecular formula is C20H19N3O7S. The SMILES string of the molecule is COC(=O)c1cn(C(=O)CN(c2cc([N+](=O)[O-])ccc2C)S(C)(=O)=O)c2ccccc12. The molecule has 0 saturated carbocycles. The van der Waals surface area contributed by atoms with Gasteiger partial charge < -0.3 is 4.74 Å². The molecular weight excluding hydrogens is 426 g/mol. The molecule has 3 aromatic rings. The average molecular weight is 445 g/mol. The molecule has 0 aliphatic carbocycles. The van der Waals surface area contributed by atoms with Crippen LogP contribution in [0, 0.1) is 17.0 Å². The van der Waals surface area contributed by atoms with E-state index in [1.807, 2.05) is 0 Å². The molecule has 0 aliphatic rings. The Morgan fingerprint density at radius 1 is 1.19 bits per heavy atom. The van der Waals surface area contributed by atoms with Crippen molar-refractivity contribution in [2.75, 3.05) is 24.2 Å². The number of fused-ring (bicyclic) bond motifs is 1. The number of hydrogen-bond acceptors (Lipinski definition) is 7. The number of ether oxygens (including phenoxy) is 1. The molecule has 0 bridgehead atoms. The summed E-state index contributed by atoms with van der Waals surface area (Å²) in [6.07, 6.45) is 2.20. The van der Waals surface area contributed by atoms with Gasteiger partial charge in [-0.2, -0.15) is 0 Å². The summed E-state index contributed by atoms with van der Waals surface area (Å²) in [5.74, 6) is -1.29. The molecule has 10 nitrogen and oxygen atoms in total. The molecule has 31 heavy (non-hydrogen) atoms. The highest BCUT2D eigenvalue weighted by molar-refractivity contribution is 7.92. The van der Waals surface area contributed by atoms with Crippen molar-refractivity contribution in [3.8, 4) is 0 Å². The molecule has 1 heterocycles. The zero-order valence-electron chi connectivity index (χ0n) is 16.9. The van der Waals surface area contributed by atoms with Crippen LogP contribution in [0.25, 0.3) is 10.9 Å². The maximum atomic E-state index is 13.1. The molecule has 0 amide bonds. The summed E-state index contributed by atoms with van der Waals surface area (Å²) in [7, 11) is -2.75. The zero-order valence-corrected chi connectivity index (χ0v) is 17.8. The van der Waals surface area contributed by atoms with Crippen LogP contribution in [0.4, 0.5) is 11.4 Å². The molecule has 1 aromatic heterocycles. The smallest absolute Gasteiger partial charge is 0.340 e. The Kier molecular flexibility index (Phi) is 5.80. The summed E-state index contributed by atoms with van der Waals surface area (Å²) < 4.78 is 31.7. The number of aryl methyl sites for hydroxylation is 1. The van der Waals surface area contributed by atoms with Gasteiger partial charge in [-0.05, 0) is 18.6 Å². The Balaban J connectivity index is 2.09.